The lowest BCUT2D eigenvalue weighted by Gasteiger charge is -2.46. The maximum Gasteiger partial charge on any atom is 0.250 e. The second-order valence-corrected chi connectivity index (χ2v) is 7.67. The fourth-order valence-corrected chi connectivity index (χ4v) is 5.24. The van der Waals surface area contributed by atoms with Gasteiger partial charge >= 0.3 is 0 Å². The normalized spacial score (nSPS) is 37.1. The molecule has 0 radical (unpaired) electrons. The van der Waals surface area contributed by atoms with E-state index >= 15 is 0 Å². The van der Waals surface area contributed by atoms with E-state index in [4.69, 9.17) is 15.2 Å². The summed E-state index contributed by atoms with van der Waals surface area (Å²) in [6, 6.07) is 6.10. The molecule has 1 heterocycles. The molecule has 136 valence electrons. The summed E-state index contributed by atoms with van der Waals surface area (Å²) in [5, 5.41) is 3.49. The lowest BCUT2D eigenvalue weighted by Crippen LogP contribution is -2.57. The highest BCUT2D eigenvalue weighted by molar-refractivity contribution is 5.92. The number of carbonyl (C=O) groups is 1. The van der Waals surface area contributed by atoms with Crippen LogP contribution in [0, 0.1) is 5.41 Å². The van der Waals surface area contributed by atoms with Crippen LogP contribution in [0.1, 0.15) is 36.8 Å². The minimum Gasteiger partial charge on any atom is -0.497 e. The summed E-state index contributed by atoms with van der Waals surface area (Å²) >= 11 is 0. The number of carbonyl (C=O) groups excluding carboxylic acids is 1. The van der Waals surface area contributed by atoms with Gasteiger partial charge in [0.25, 0.3) is 0 Å². The molecule has 2 unspecified atom stereocenters. The molecule has 6 nitrogen and oxygen atoms in total. The Morgan fingerprint density at radius 2 is 2.00 bits per heavy atom. The van der Waals surface area contributed by atoms with Crippen LogP contribution in [0.15, 0.2) is 18.2 Å². The van der Waals surface area contributed by atoms with E-state index in [0.29, 0.717) is 0 Å². The summed E-state index contributed by atoms with van der Waals surface area (Å²) in [5.74, 6) is 0.848. The van der Waals surface area contributed by atoms with Gasteiger partial charge in [0, 0.05) is 19.6 Å². The molecule has 1 saturated carbocycles. The third kappa shape index (κ3) is 2.11. The Morgan fingerprint density at radius 1 is 1.28 bits per heavy atom. The maximum atomic E-state index is 13.4. The van der Waals surface area contributed by atoms with Crippen LogP contribution >= 0.6 is 0 Å². The Balaban J connectivity index is 1.85. The van der Waals surface area contributed by atoms with E-state index in [1.54, 1.807) is 26.2 Å². The highest BCUT2D eigenvalue weighted by Crippen LogP contribution is 2.60. The van der Waals surface area contributed by atoms with Crippen molar-refractivity contribution in [3.8, 4) is 5.75 Å². The number of ether oxygens (including phenoxy) is 2. The van der Waals surface area contributed by atoms with Gasteiger partial charge in [-0.15, -0.1) is 0 Å². The van der Waals surface area contributed by atoms with Gasteiger partial charge in [0.05, 0.1) is 13.2 Å². The number of methoxy groups -OCH3 is 2. The first-order chi connectivity index (χ1) is 12.0. The monoisotopic (exact) mass is 345 g/mol. The molecule has 1 saturated heterocycles. The summed E-state index contributed by atoms with van der Waals surface area (Å²) in [6.45, 7) is 0. The smallest absolute Gasteiger partial charge is 0.250 e. The van der Waals surface area contributed by atoms with Gasteiger partial charge in [0.1, 0.15) is 17.6 Å². The van der Waals surface area contributed by atoms with E-state index in [1.165, 1.54) is 5.56 Å². The van der Waals surface area contributed by atoms with E-state index in [2.05, 4.69) is 11.4 Å². The first kappa shape index (κ1) is 16.8. The largest absolute Gasteiger partial charge is 0.497 e. The molecule has 2 aliphatic carbocycles. The third-order valence-electron chi connectivity index (χ3n) is 6.69. The van der Waals surface area contributed by atoms with Gasteiger partial charge in [-0.05, 0) is 55.4 Å². The predicted octanol–water partition coefficient (Wildman–Crippen LogP) is 1.33. The summed E-state index contributed by atoms with van der Waals surface area (Å²) in [7, 11) is 5.21. The van der Waals surface area contributed by atoms with Crippen LogP contribution in [0.2, 0.25) is 0 Å². The molecule has 3 aliphatic rings. The summed E-state index contributed by atoms with van der Waals surface area (Å²) in [5.41, 5.74) is 7.57. The van der Waals surface area contributed by atoms with Crippen molar-refractivity contribution >= 4 is 5.91 Å². The minimum absolute atomic E-state index is 0.0721. The van der Waals surface area contributed by atoms with Gasteiger partial charge in [0.2, 0.25) is 5.91 Å². The molecule has 1 aromatic carbocycles. The molecule has 3 N–H and O–H groups in total. The topological polar surface area (TPSA) is 76.8 Å². The van der Waals surface area contributed by atoms with Gasteiger partial charge < -0.3 is 14.4 Å². The molecule has 1 amide bonds. The summed E-state index contributed by atoms with van der Waals surface area (Å²) in [4.78, 5) is 15.1. The molecule has 4 rings (SSSR count). The molecule has 0 bridgehead atoms. The number of likely N-dealkylation sites (N-methyl/N-ethyl adjacent to an activating group) is 1. The summed E-state index contributed by atoms with van der Waals surface area (Å²) < 4.78 is 11.0. The van der Waals surface area contributed by atoms with E-state index in [-0.39, 0.29) is 17.4 Å². The van der Waals surface area contributed by atoms with Crippen molar-refractivity contribution in [3.63, 3.8) is 0 Å². The average molecular weight is 345 g/mol. The first-order valence-electron chi connectivity index (χ1n) is 8.98. The lowest BCUT2D eigenvalue weighted by atomic mass is 9.61. The molecule has 1 aliphatic heterocycles. The third-order valence-corrected chi connectivity index (χ3v) is 6.69. The number of benzene rings is 1. The molecular formula is C19H27N3O3. The Bertz CT molecular complexity index is 699. The SMILES string of the molecule is COc1ccc2c(c1)C1(NC(N)N(C)C1=O)C1(CCC(OC)CC1)C2. The Kier molecular flexibility index (Phi) is 3.83. The lowest BCUT2D eigenvalue weighted by molar-refractivity contribution is -0.138. The number of hydrogen-bond acceptors (Lipinski definition) is 5. The van der Waals surface area contributed by atoms with Crippen molar-refractivity contribution < 1.29 is 14.3 Å². The van der Waals surface area contributed by atoms with Gasteiger partial charge in [-0.2, -0.15) is 0 Å². The molecule has 25 heavy (non-hydrogen) atoms. The minimum atomic E-state index is -0.760. The van der Waals surface area contributed by atoms with Crippen LogP contribution in [0.3, 0.4) is 0 Å². The fraction of sp³-hybridized carbons (Fsp3) is 0.632. The highest BCUT2D eigenvalue weighted by Gasteiger charge is 2.66. The number of rotatable bonds is 2. The van der Waals surface area contributed by atoms with Crippen molar-refractivity contribution in [2.24, 2.45) is 11.1 Å². The molecule has 2 atom stereocenters. The zero-order valence-electron chi connectivity index (χ0n) is 15.2. The number of hydrogen-bond donors (Lipinski definition) is 2. The van der Waals surface area contributed by atoms with Gasteiger partial charge in [-0.1, -0.05) is 6.07 Å². The Labute approximate surface area is 148 Å². The quantitative estimate of drug-likeness (QED) is 0.846. The molecule has 0 aromatic heterocycles. The number of nitrogens with zero attached hydrogens (tertiary/aromatic N) is 1. The zero-order valence-corrected chi connectivity index (χ0v) is 15.2. The number of amides is 1. The highest BCUT2D eigenvalue weighted by atomic mass is 16.5. The van der Waals surface area contributed by atoms with E-state index in [0.717, 1.165) is 43.4 Å². The van der Waals surface area contributed by atoms with Crippen molar-refractivity contribution in [3.05, 3.63) is 29.3 Å². The Hall–Kier alpha value is -1.63. The van der Waals surface area contributed by atoms with Crippen LogP contribution in [0.25, 0.3) is 0 Å². The van der Waals surface area contributed by atoms with E-state index in [9.17, 15) is 4.79 Å². The van der Waals surface area contributed by atoms with Crippen LogP contribution in [0.5, 0.6) is 5.75 Å². The zero-order chi connectivity index (χ0) is 17.8. The Morgan fingerprint density at radius 3 is 2.56 bits per heavy atom. The van der Waals surface area contributed by atoms with Crippen LogP contribution < -0.4 is 15.8 Å². The molecule has 2 fully saturated rings. The number of nitrogens with two attached hydrogens (primary N) is 1. The standard InChI is InChI=1S/C19H27N3O3/c1-22-16(23)19(21-17(22)20)15-10-14(25-3)5-4-12(15)11-18(19)8-6-13(24-2)7-9-18/h4-5,10,13,17,21H,6-9,11,20H2,1-3H3. The van der Waals surface area contributed by atoms with Crippen LogP contribution in [0.4, 0.5) is 0 Å². The maximum absolute atomic E-state index is 13.4. The van der Waals surface area contributed by atoms with Crippen molar-refractivity contribution in [1.29, 1.82) is 0 Å². The fourth-order valence-electron chi connectivity index (χ4n) is 5.24. The molecule has 1 aromatic rings. The van der Waals surface area contributed by atoms with Crippen LogP contribution in [-0.4, -0.2) is 44.5 Å². The summed E-state index contributed by atoms with van der Waals surface area (Å²) in [6.07, 6.45) is 4.53. The van der Waals surface area contributed by atoms with Crippen molar-refractivity contribution in [2.75, 3.05) is 21.3 Å². The molecular weight excluding hydrogens is 318 g/mol. The molecule has 6 heteroatoms. The second-order valence-electron chi connectivity index (χ2n) is 7.67. The van der Waals surface area contributed by atoms with Crippen LogP contribution in [-0.2, 0) is 21.5 Å². The predicted molar refractivity (Wildman–Crippen MR) is 94.0 cm³/mol. The second kappa shape index (κ2) is 5.69. The van der Waals surface area contributed by atoms with Gasteiger partial charge in [0.15, 0.2) is 0 Å². The molecule has 2 spiro atoms. The average Bonchev–Trinajstić information content (AvgIpc) is 3.03. The van der Waals surface area contributed by atoms with E-state index in [1.807, 2.05) is 12.1 Å². The van der Waals surface area contributed by atoms with Crippen molar-refractivity contribution in [1.82, 2.24) is 10.2 Å². The van der Waals surface area contributed by atoms with Gasteiger partial charge in [-0.3, -0.25) is 15.8 Å². The van der Waals surface area contributed by atoms with E-state index < -0.39 is 11.8 Å². The number of nitrogens with one attached hydrogen (secondary N) is 1. The first-order valence-corrected chi connectivity index (χ1v) is 8.98. The van der Waals surface area contributed by atoms with Gasteiger partial charge in [-0.25, -0.2) is 0 Å². The number of fused-ring (bicyclic) bond motifs is 3. The van der Waals surface area contributed by atoms with Crippen molar-refractivity contribution in [2.45, 2.75) is 50.0 Å².